The van der Waals surface area contributed by atoms with Gasteiger partial charge >= 0.3 is 0 Å². The molecule has 1 aliphatic rings. The van der Waals surface area contributed by atoms with E-state index in [9.17, 15) is 10.2 Å². The molecule has 2 N–H and O–H groups in total. The number of aromatic hydroxyl groups is 1. The van der Waals surface area contributed by atoms with E-state index in [-0.39, 0.29) is 11.8 Å². The largest absolute Gasteiger partial charge is 0.508 e. The number of hydrogen-bond donors (Lipinski definition) is 2. The van der Waals surface area contributed by atoms with E-state index in [1.54, 1.807) is 12.1 Å². The molecule has 3 rings (SSSR count). The van der Waals surface area contributed by atoms with Gasteiger partial charge in [-0.1, -0.05) is 51.1 Å². The van der Waals surface area contributed by atoms with Crippen LogP contribution in [0.25, 0.3) is 0 Å². The van der Waals surface area contributed by atoms with Gasteiger partial charge in [0.15, 0.2) is 0 Å². The normalized spacial score (nSPS) is 20.3. The van der Waals surface area contributed by atoms with Gasteiger partial charge in [-0.05, 0) is 85.4 Å². The van der Waals surface area contributed by atoms with Crippen molar-refractivity contribution in [2.45, 2.75) is 71.9 Å². The van der Waals surface area contributed by atoms with Crippen LogP contribution in [0, 0.1) is 5.41 Å². The summed E-state index contributed by atoms with van der Waals surface area (Å²) in [6, 6.07) is 14.6. The zero-order valence-corrected chi connectivity index (χ0v) is 18.5. The molecule has 2 unspecified atom stereocenters. The average molecular weight is 396 g/mol. The number of aliphatic hydroxyl groups excluding tert-OH is 1. The molecular weight excluding hydrogens is 358 g/mol. The average Bonchev–Trinajstić information content (AvgIpc) is 2.77. The zero-order valence-electron chi connectivity index (χ0n) is 18.5. The van der Waals surface area contributed by atoms with E-state index >= 15 is 0 Å². The van der Waals surface area contributed by atoms with Crippen molar-refractivity contribution in [3.63, 3.8) is 0 Å². The van der Waals surface area contributed by atoms with Gasteiger partial charge in [0.25, 0.3) is 0 Å². The Balaban J connectivity index is 1.48. The number of aryl methyl sites for hydroxylation is 1. The fourth-order valence-electron chi connectivity index (χ4n) is 4.42. The van der Waals surface area contributed by atoms with Gasteiger partial charge in [0.05, 0.1) is 6.10 Å². The molecule has 0 aliphatic carbocycles. The highest BCUT2D eigenvalue weighted by atomic mass is 16.3. The van der Waals surface area contributed by atoms with E-state index in [1.165, 1.54) is 11.1 Å². The summed E-state index contributed by atoms with van der Waals surface area (Å²) in [6.07, 6.45) is 4.88. The molecule has 0 amide bonds. The summed E-state index contributed by atoms with van der Waals surface area (Å²) in [5.74, 6) is 0.283. The Labute approximate surface area is 176 Å². The lowest BCUT2D eigenvalue weighted by molar-refractivity contribution is 0.0635. The standard InChI is InChI=1S/C26H37NO2/c1-19-25(29)24-13-12-23(28)17-22(24)14-16-27(19)15-6-5-7-20-8-10-21(11-9-20)18-26(2,3)4/h8-13,17,19,25,28-29H,5-7,14-16,18H2,1-4H3. The maximum absolute atomic E-state index is 10.8. The minimum Gasteiger partial charge on any atom is -0.508 e. The van der Waals surface area contributed by atoms with E-state index in [0.717, 1.165) is 56.3 Å². The van der Waals surface area contributed by atoms with E-state index < -0.39 is 6.10 Å². The molecule has 2 atom stereocenters. The van der Waals surface area contributed by atoms with Crippen molar-refractivity contribution >= 4 is 0 Å². The van der Waals surface area contributed by atoms with Gasteiger partial charge in [-0.2, -0.15) is 0 Å². The molecule has 29 heavy (non-hydrogen) atoms. The Kier molecular flexibility index (Phi) is 7.02. The molecule has 0 radical (unpaired) electrons. The number of aliphatic hydroxyl groups is 1. The summed E-state index contributed by atoms with van der Waals surface area (Å²) in [5, 5.41) is 20.5. The fraction of sp³-hybridized carbons (Fsp3) is 0.538. The Morgan fingerprint density at radius 1 is 1.00 bits per heavy atom. The molecule has 1 heterocycles. The first kappa shape index (κ1) is 21.9. The van der Waals surface area contributed by atoms with Crippen molar-refractivity contribution in [1.29, 1.82) is 0 Å². The summed E-state index contributed by atoms with van der Waals surface area (Å²) in [6.45, 7) is 10.9. The molecule has 0 fully saturated rings. The summed E-state index contributed by atoms with van der Waals surface area (Å²) in [4.78, 5) is 2.40. The monoisotopic (exact) mass is 395 g/mol. The molecule has 0 aromatic heterocycles. The molecular formula is C26H37NO2. The number of phenols is 1. The second-order valence-electron chi connectivity index (χ2n) is 9.87. The number of unbranched alkanes of at least 4 members (excludes halogenated alkanes) is 1. The number of nitrogens with zero attached hydrogens (tertiary/aromatic N) is 1. The Morgan fingerprint density at radius 3 is 2.38 bits per heavy atom. The third-order valence-electron chi connectivity index (χ3n) is 6.06. The van der Waals surface area contributed by atoms with E-state index in [0.29, 0.717) is 5.41 Å². The number of phenolic OH excluding ortho intramolecular Hbond substituents is 1. The third kappa shape index (κ3) is 6.07. The first-order valence-corrected chi connectivity index (χ1v) is 11.0. The van der Waals surface area contributed by atoms with Gasteiger partial charge in [0.1, 0.15) is 5.75 Å². The SMILES string of the molecule is CC1C(O)c2ccc(O)cc2CCN1CCCCc1ccc(CC(C)(C)C)cc1. The molecule has 0 saturated heterocycles. The summed E-state index contributed by atoms with van der Waals surface area (Å²) in [7, 11) is 0. The molecule has 1 aliphatic heterocycles. The topological polar surface area (TPSA) is 43.7 Å². The number of fused-ring (bicyclic) bond motifs is 1. The Morgan fingerprint density at radius 2 is 1.69 bits per heavy atom. The van der Waals surface area contributed by atoms with Crippen LogP contribution in [0.15, 0.2) is 42.5 Å². The lowest BCUT2D eigenvalue weighted by atomic mass is 9.88. The van der Waals surface area contributed by atoms with Crippen molar-refractivity contribution in [3.8, 4) is 5.75 Å². The van der Waals surface area contributed by atoms with Crippen molar-refractivity contribution in [3.05, 3.63) is 64.7 Å². The molecule has 2 aromatic carbocycles. The molecule has 3 heteroatoms. The van der Waals surface area contributed by atoms with Crippen LogP contribution in [0.1, 0.15) is 68.9 Å². The minimum absolute atomic E-state index is 0.0949. The van der Waals surface area contributed by atoms with Crippen molar-refractivity contribution in [1.82, 2.24) is 4.90 Å². The van der Waals surface area contributed by atoms with Gasteiger partial charge in [-0.25, -0.2) is 0 Å². The third-order valence-corrected chi connectivity index (χ3v) is 6.06. The Bertz CT molecular complexity index is 791. The van der Waals surface area contributed by atoms with Gasteiger partial charge in [0, 0.05) is 12.6 Å². The first-order chi connectivity index (χ1) is 13.7. The van der Waals surface area contributed by atoms with Crippen molar-refractivity contribution in [2.24, 2.45) is 5.41 Å². The summed E-state index contributed by atoms with van der Waals surface area (Å²) in [5.41, 5.74) is 5.19. The van der Waals surface area contributed by atoms with Crippen LogP contribution in [0.2, 0.25) is 0 Å². The lowest BCUT2D eigenvalue weighted by Crippen LogP contribution is -2.37. The van der Waals surface area contributed by atoms with E-state index in [1.807, 2.05) is 6.07 Å². The molecule has 0 bridgehead atoms. The van der Waals surface area contributed by atoms with Crippen LogP contribution in [0.5, 0.6) is 5.75 Å². The number of benzene rings is 2. The second kappa shape index (κ2) is 9.32. The summed E-state index contributed by atoms with van der Waals surface area (Å²) >= 11 is 0. The number of rotatable bonds is 6. The number of hydrogen-bond acceptors (Lipinski definition) is 3. The predicted octanol–water partition coefficient (Wildman–Crippen LogP) is 5.28. The van der Waals surface area contributed by atoms with Gasteiger partial charge in [0.2, 0.25) is 0 Å². The van der Waals surface area contributed by atoms with Crippen molar-refractivity contribution in [2.75, 3.05) is 13.1 Å². The van der Waals surface area contributed by atoms with Crippen LogP contribution in [0.3, 0.4) is 0 Å². The second-order valence-corrected chi connectivity index (χ2v) is 9.87. The fourth-order valence-corrected chi connectivity index (χ4v) is 4.42. The Hall–Kier alpha value is -1.84. The predicted molar refractivity (Wildman–Crippen MR) is 120 cm³/mol. The van der Waals surface area contributed by atoms with Crippen LogP contribution < -0.4 is 0 Å². The highest BCUT2D eigenvalue weighted by Crippen LogP contribution is 2.30. The van der Waals surface area contributed by atoms with Crippen molar-refractivity contribution < 1.29 is 10.2 Å². The quantitative estimate of drug-likeness (QED) is 0.654. The molecule has 0 spiro atoms. The van der Waals surface area contributed by atoms with E-state index in [2.05, 4.69) is 56.9 Å². The van der Waals surface area contributed by atoms with Crippen LogP contribution >= 0.6 is 0 Å². The zero-order chi connectivity index (χ0) is 21.0. The maximum Gasteiger partial charge on any atom is 0.115 e. The molecule has 2 aromatic rings. The minimum atomic E-state index is -0.497. The van der Waals surface area contributed by atoms with Crippen LogP contribution in [-0.2, 0) is 19.3 Å². The van der Waals surface area contributed by atoms with Crippen LogP contribution in [-0.4, -0.2) is 34.2 Å². The molecule has 0 saturated carbocycles. The van der Waals surface area contributed by atoms with Gasteiger partial charge < -0.3 is 10.2 Å². The highest BCUT2D eigenvalue weighted by molar-refractivity contribution is 5.37. The van der Waals surface area contributed by atoms with Crippen LogP contribution in [0.4, 0.5) is 0 Å². The van der Waals surface area contributed by atoms with Gasteiger partial charge in [-0.15, -0.1) is 0 Å². The van der Waals surface area contributed by atoms with E-state index in [4.69, 9.17) is 0 Å². The lowest BCUT2D eigenvalue weighted by Gasteiger charge is -2.30. The highest BCUT2D eigenvalue weighted by Gasteiger charge is 2.28. The molecule has 3 nitrogen and oxygen atoms in total. The van der Waals surface area contributed by atoms with Gasteiger partial charge in [-0.3, -0.25) is 4.90 Å². The first-order valence-electron chi connectivity index (χ1n) is 11.0. The smallest absolute Gasteiger partial charge is 0.115 e. The molecule has 158 valence electrons. The summed E-state index contributed by atoms with van der Waals surface area (Å²) < 4.78 is 0. The maximum atomic E-state index is 10.8.